The van der Waals surface area contributed by atoms with Crippen LogP contribution >= 0.6 is 12.6 Å². The van der Waals surface area contributed by atoms with Crippen LogP contribution in [0.4, 0.5) is 0 Å². The van der Waals surface area contributed by atoms with Gasteiger partial charge in [0.05, 0.1) is 11.8 Å². The summed E-state index contributed by atoms with van der Waals surface area (Å²) in [6.45, 7) is 5.63. The molecule has 0 aliphatic rings. The lowest BCUT2D eigenvalue weighted by Crippen LogP contribution is -2.25. The van der Waals surface area contributed by atoms with Crippen LogP contribution in [0.3, 0.4) is 0 Å². The summed E-state index contributed by atoms with van der Waals surface area (Å²) >= 11 is 4.06. The molecule has 0 saturated heterocycles. The van der Waals surface area contributed by atoms with E-state index < -0.39 is 0 Å². The fourth-order valence-electron chi connectivity index (χ4n) is 1.85. The van der Waals surface area contributed by atoms with Gasteiger partial charge in [-0.15, -0.1) is 0 Å². The number of aromatic nitrogens is 3. The summed E-state index contributed by atoms with van der Waals surface area (Å²) in [4.78, 5) is 16.2. The number of rotatable bonds is 5. The molecule has 0 fully saturated rings. The quantitative estimate of drug-likeness (QED) is 0.819. The number of hydrogen-bond donors (Lipinski definition) is 2. The molecular formula is C13H18N4OS. The van der Waals surface area contributed by atoms with Gasteiger partial charge in [-0.3, -0.25) is 4.79 Å². The van der Waals surface area contributed by atoms with Gasteiger partial charge in [0.25, 0.3) is 5.91 Å². The van der Waals surface area contributed by atoms with Crippen molar-refractivity contribution in [1.82, 2.24) is 20.1 Å². The van der Waals surface area contributed by atoms with Crippen LogP contribution in [0.15, 0.2) is 18.5 Å². The van der Waals surface area contributed by atoms with Crippen molar-refractivity contribution in [3.05, 3.63) is 24.0 Å². The van der Waals surface area contributed by atoms with E-state index >= 15 is 0 Å². The lowest BCUT2D eigenvalue weighted by molar-refractivity contribution is 0.0956. The fraction of sp³-hybridized carbons (Fsp3) is 0.462. The molecule has 5 nitrogen and oxygen atoms in total. The molecule has 0 aromatic carbocycles. The van der Waals surface area contributed by atoms with Crippen molar-refractivity contribution in [1.29, 1.82) is 0 Å². The minimum atomic E-state index is -0.125. The van der Waals surface area contributed by atoms with Gasteiger partial charge in [0.15, 0.2) is 5.65 Å². The summed E-state index contributed by atoms with van der Waals surface area (Å²) in [7, 11) is 0. The Morgan fingerprint density at radius 2 is 2.26 bits per heavy atom. The second-order valence-electron chi connectivity index (χ2n) is 4.84. The van der Waals surface area contributed by atoms with E-state index in [0.29, 0.717) is 23.8 Å². The zero-order chi connectivity index (χ0) is 13.8. The Morgan fingerprint density at radius 1 is 1.47 bits per heavy atom. The van der Waals surface area contributed by atoms with Crippen LogP contribution in [-0.2, 0) is 6.54 Å². The molecule has 0 aliphatic carbocycles. The minimum absolute atomic E-state index is 0.125. The van der Waals surface area contributed by atoms with E-state index in [9.17, 15) is 4.79 Å². The SMILES string of the molecule is CC(C)Cn1ncc2cc(C(=O)NCCS)cnc21. The predicted molar refractivity (Wildman–Crippen MR) is 78.6 cm³/mol. The molecule has 2 aromatic rings. The molecule has 0 bridgehead atoms. The molecular weight excluding hydrogens is 260 g/mol. The van der Waals surface area contributed by atoms with Crippen molar-refractivity contribution in [3.63, 3.8) is 0 Å². The topological polar surface area (TPSA) is 59.8 Å². The van der Waals surface area contributed by atoms with E-state index in [0.717, 1.165) is 17.6 Å². The molecule has 102 valence electrons. The predicted octanol–water partition coefficient (Wildman–Crippen LogP) is 1.75. The molecule has 2 rings (SSSR count). The number of amides is 1. The van der Waals surface area contributed by atoms with Gasteiger partial charge >= 0.3 is 0 Å². The zero-order valence-corrected chi connectivity index (χ0v) is 12.0. The monoisotopic (exact) mass is 278 g/mol. The molecule has 0 radical (unpaired) electrons. The molecule has 2 aromatic heterocycles. The summed E-state index contributed by atoms with van der Waals surface area (Å²) in [5.74, 6) is 0.997. The van der Waals surface area contributed by atoms with Gasteiger partial charge in [0.2, 0.25) is 0 Å². The first kappa shape index (κ1) is 13.9. The van der Waals surface area contributed by atoms with Gasteiger partial charge in [0.1, 0.15) is 0 Å². The summed E-state index contributed by atoms with van der Waals surface area (Å²) < 4.78 is 1.87. The summed E-state index contributed by atoms with van der Waals surface area (Å²) in [5, 5.41) is 7.97. The van der Waals surface area contributed by atoms with Crippen molar-refractivity contribution in [2.45, 2.75) is 20.4 Å². The molecule has 0 unspecified atom stereocenters. The van der Waals surface area contributed by atoms with Crippen LogP contribution in [0.1, 0.15) is 24.2 Å². The minimum Gasteiger partial charge on any atom is -0.351 e. The van der Waals surface area contributed by atoms with Crippen molar-refractivity contribution in [2.75, 3.05) is 12.3 Å². The lowest BCUT2D eigenvalue weighted by Gasteiger charge is -2.06. The fourth-order valence-corrected chi connectivity index (χ4v) is 1.96. The Kier molecular flexibility index (Phi) is 4.42. The second kappa shape index (κ2) is 6.06. The number of nitrogens with zero attached hydrogens (tertiary/aromatic N) is 3. The summed E-state index contributed by atoms with van der Waals surface area (Å²) in [6, 6.07) is 1.82. The van der Waals surface area contributed by atoms with Crippen molar-refractivity contribution in [2.24, 2.45) is 5.92 Å². The standard InChI is InChI=1S/C13H18N4OS/c1-9(2)8-17-12-10(7-16-17)5-11(6-15-12)13(18)14-3-4-19/h5-7,9,19H,3-4,8H2,1-2H3,(H,14,18). The number of carbonyl (C=O) groups excluding carboxylic acids is 1. The number of carbonyl (C=O) groups is 1. The first-order valence-corrected chi connectivity index (χ1v) is 6.95. The largest absolute Gasteiger partial charge is 0.351 e. The molecule has 1 N–H and O–H groups in total. The third-order valence-corrected chi connectivity index (χ3v) is 2.90. The van der Waals surface area contributed by atoms with Gasteiger partial charge in [-0.1, -0.05) is 13.8 Å². The lowest BCUT2D eigenvalue weighted by atomic mass is 10.2. The Balaban J connectivity index is 2.24. The average molecular weight is 278 g/mol. The highest BCUT2D eigenvalue weighted by Gasteiger charge is 2.10. The van der Waals surface area contributed by atoms with Gasteiger partial charge in [-0.2, -0.15) is 17.7 Å². The average Bonchev–Trinajstić information content (AvgIpc) is 2.77. The maximum absolute atomic E-state index is 11.8. The number of pyridine rings is 1. The second-order valence-corrected chi connectivity index (χ2v) is 5.28. The molecule has 6 heteroatoms. The Morgan fingerprint density at radius 3 is 2.95 bits per heavy atom. The smallest absolute Gasteiger partial charge is 0.252 e. The highest BCUT2D eigenvalue weighted by molar-refractivity contribution is 7.80. The van der Waals surface area contributed by atoms with Gasteiger partial charge in [-0.25, -0.2) is 9.67 Å². The Labute approximate surface area is 117 Å². The highest BCUT2D eigenvalue weighted by atomic mass is 32.1. The molecule has 1 amide bonds. The maximum Gasteiger partial charge on any atom is 0.252 e. The van der Waals surface area contributed by atoms with Crippen molar-refractivity contribution < 1.29 is 4.79 Å². The van der Waals surface area contributed by atoms with E-state index in [4.69, 9.17) is 0 Å². The maximum atomic E-state index is 11.8. The van der Waals surface area contributed by atoms with Crippen molar-refractivity contribution >= 4 is 29.6 Å². The van der Waals surface area contributed by atoms with Gasteiger partial charge in [0, 0.05) is 30.4 Å². The Hall–Kier alpha value is -1.56. The van der Waals surface area contributed by atoms with E-state index in [-0.39, 0.29) is 5.91 Å². The van der Waals surface area contributed by atoms with Crippen LogP contribution < -0.4 is 5.32 Å². The van der Waals surface area contributed by atoms with Crippen LogP contribution in [0, 0.1) is 5.92 Å². The van der Waals surface area contributed by atoms with E-state index in [1.807, 2.05) is 10.7 Å². The number of thiol groups is 1. The Bertz CT molecular complexity index is 579. The van der Waals surface area contributed by atoms with Crippen LogP contribution in [0.2, 0.25) is 0 Å². The van der Waals surface area contributed by atoms with Gasteiger partial charge in [-0.05, 0) is 12.0 Å². The number of nitrogens with one attached hydrogen (secondary N) is 1. The normalized spacial score (nSPS) is 11.2. The molecule has 0 saturated carbocycles. The first-order valence-electron chi connectivity index (χ1n) is 6.32. The molecule has 0 spiro atoms. The molecule has 0 atom stereocenters. The van der Waals surface area contributed by atoms with E-state index in [1.54, 1.807) is 12.4 Å². The number of fused-ring (bicyclic) bond motifs is 1. The van der Waals surface area contributed by atoms with E-state index in [2.05, 4.69) is 41.9 Å². The molecule has 0 aliphatic heterocycles. The van der Waals surface area contributed by atoms with Crippen LogP contribution in [0.5, 0.6) is 0 Å². The van der Waals surface area contributed by atoms with Crippen molar-refractivity contribution in [3.8, 4) is 0 Å². The van der Waals surface area contributed by atoms with E-state index in [1.165, 1.54) is 0 Å². The highest BCUT2D eigenvalue weighted by Crippen LogP contribution is 2.14. The third kappa shape index (κ3) is 3.26. The summed E-state index contributed by atoms with van der Waals surface area (Å²) in [6.07, 6.45) is 3.34. The van der Waals surface area contributed by atoms with Gasteiger partial charge < -0.3 is 5.32 Å². The van der Waals surface area contributed by atoms with Crippen LogP contribution in [0.25, 0.3) is 11.0 Å². The first-order chi connectivity index (χ1) is 9.11. The molecule has 19 heavy (non-hydrogen) atoms. The number of hydrogen-bond acceptors (Lipinski definition) is 4. The van der Waals surface area contributed by atoms with Crippen LogP contribution in [-0.4, -0.2) is 33.0 Å². The zero-order valence-electron chi connectivity index (χ0n) is 11.1. The molecule has 2 heterocycles. The summed E-state index contributed by atoms with van der Waals surface area (Å²) in [5.41, 5.74) is 1.37. The third-order valence-electron chi connectivity index (χ3n) is 2.67.